The Morgan fingerprint density at radius 1 is 1.45 bits per heavy atom. The fourth-order valence-electron chi connectivity index (χ4n) is 2.04. The average molecular weight is 272 g/mol. The largest absolute Gasteiger partial charge is 0.399 e. The van der Waals surface area contributed by atoms with Crippen LogP contribution >= 0.6 is 0 Å². The zero-order chi connectivity index (χ0) is 14.5. The van der Waals surface area contributed by atoms with Gasteiger partial charge in [-0.25, -0.2) is 0 Å². The summed E-state index contributed by atoms with van der Waals surface area (Å²) in [6, 6.07) is 9.38. The number of rotatable bonds is 5. The van der Waals surface area contributed by atoms with Crippen LogP contribution in [0.3, 0.4) is 0 Å². The van der Waals surface area contributed by atoms with Crippen molar-refractivity contribution in [2.75, 3.05) is 12.3 Å². The maximum atomic E-state index is 12.1. The Balaban J connectivity index is 1.85. The van der Waals surface area contributed by atoms with E-state index in [0.29, 0.717) is 12.2 Å². The molecule has 20 heavy (non-hydrogen) atoms. The van der Waals surface area contributed by atoms with E-state index in [1.807, 2.05) is 50.5 Å². The maximum Gasteiger partial charge on any atom is 0.227 e. The van der Waals surface area contributed by atoms with E-state index in [9.17, 15) is 4.79 Å². The van der Waals surface area contributed by atoms with E-state index < -0.39 is 0 Å². The van der Waals surface area contributed by atoms with Gasteiger partial charge in [-0.05, 0) is 30.7 Å². The van der Waals surface area contributed by atoms with Crippen LogP contribution in [0.4, 0.5) is 5.69 Å². The van der Waals surface area contributed by atoms with Gasteiger partial charge >= 0.3 is 0 Å². The monoisotopic (exact) mass is 272 g/mol. The highest BCUT2D eigenvalue weighted by molar-refractivity contribution is 5.83. The number of carbonyl (C=O) groups is 1. The van der Waals surface area contributed by atoms with E-state index >= 15 is 0 Å². The van der Waals surface area contributed by atoms with Crippen molar-refractivity contribution in [2.24, 2.45) is 7.05 Å². The van der Waals surface area contributed by atoms with Crippen LogP contribution in [0.25, 0.3) is 0 Å². The molecule has 0 aliphatic rings. The van der Waals surface area contributed by atoms with E-state index in [0.717, 1.165) is 17.7 Å². The summed E-state index contributed by atoms with van der Waals surface area (Å²) in [6.45, 7) is 2.47. The number of aryl methyl sites for hydroxylation is 1. The molecule has 3 N–H and O–H groups in total. The number of anilines is 1. The summed E-state index contributed by atoms with van der Waals surface area (Å²) in [5.74, 6) is -0.200. The number of nitrogen functional groups attached to an aromatic ring is 1. The van der Waals surface area contributed by atoms with Crippen molar-refractivity contribution in [2.45, 2.75) is 19.3 Å². The molecule has 5 heteroatoms. The molecule has 5 nitrogen and oxygen atoms in total. The van der Waals surface area contributed by atoms with E-state index in [2.05, 4.69) is 10.4 Å². The third-order valence-electron chi connectivity index (χ3n) is 3.25. The SMILES string of the molecule is CC(C(=O)NCCc1ccn(C)n1)c1cccc(N)c1. The summed E-state index contributed by atoms with van der Waals surface area (Å²) in [5, 5.41) is 7.20. The molecule has 0 saturated heterocycles. The minimum atomic E-state index is -0.206. The highest BCUT2D eigenvalue weighted by atomic mass is 16.1. The third kappa shape index (κ3) is 3.60. The molecule has 1 aromatic heterocycles. The van der Waals surface area contributed by atoms with E-state index in [-0.39, 0.29) is 11.8 Å². The minimum absolute atomic E-state index is 0.00605. The zero-order valence-electron chi connectivity index (χ0n) is 11.8. The molecule has 1 heterocycles. The Hall–Kier alpha value is -2.30. The van der Waals surface area contributed by atoms with Crippen molar-refractivity contribution in [3.63, 3.8) is 0 Å². The Kier molecular flexibility index (Phi) is 4.40. The molecule has 2 aromatic rings. The first-order valence-corrected chi connectivity index (χ1v) is 6.68. The Morgan fingerprint density at radius 3 is 2.90 bits per heavy atom. The number of benzene rings is 1. The second-order valence-electron chi connectivity index (χ2n) is 4.91. The van der Waals surface area contributed by atoms with Gasteiger partial charge in [0.1, 0.15) is 0 Å². The highest BCUT2D eigenvalue weighted by Crippen LogP contribution is 2.17. The normalized spacial score (nSPS) is 12.1. The van der Waals surface area contributed by atoms with Gasteiger partial charge in [0.25, 0.3) is 0 Å². The van der Waals surface area contributed by atoms with Crippen LogP contribution in [-0.4, -0.2) is 22.2 Å². The highest BCUT2D eigenvalue weighted by Gasteiger charge is 2.14. The van der Waals surface area contributed by atoms with Gasteiger partial charge in [0.2, 0.25) is 5.91 Å². The van der Waals surface area contributed by atoms with Crippen LogP contribution in [0.15, 0.2) is 36.5 Å². The molecule has 1 aromatic carbocycles. The first-order valence-electron chi connectivity index (χ1n) is 6.68. The first kappa shape index (κ1) is 14.1. The van der Waals surface area contributed by atoms with Gasteiger partial charge in [0, 0.05) is 31.9 Å². The number of aromatic nitrogens is 2. The molecule has 1 unspecified atom stereocenters. The summed E-state index contributed by atoms with van der Waals surface area (Å²) < 4.78 is 1.76. The third-order valence-corrected chi connectivity index (χ3v) is 3.25. The van der Waals surface area contributed by atoms with Gasteiger partial charge in [-0.2, -0.15) is 5.10 Å². The lowest BCUT2D eigenvalue weighted by atomic mass is 10.00. The van der Waals surface area contributed by atoms with Gasteiger partial charge in [0.15, 0.2) is 0 Å². The predicted molar refractivity (Wildman–Crippen MR) is 79.2 cm³/mol. The maximum absolute atomic E-state index is 12.1. The van der Waals surface area contributed by atoms with Gasteiger partial charge in [-0.15, -0.1) is 0 Å². The molecule has 2 rings (SSSR count). The fraction of sp³-hybridized carbons (Fsp3) is 0.333. The lowest BCUT2D eigenvalue weighted by Gasteiger charge is -2.12. The molecule has 0 radical (unpaired) electrons. The van der Waals surface area contributed by atoms with Crippen molar-refractivity contribution >= 4 is 11.6 Å². The molecule has 106 valence electrons. The number of hydrogen-bond donors (Lipinski definition) is 2. The fourth-order valence-corrected chi connectivity index (χ4v) is 2.04. The summed E-state index contributed by atoms with van der Waals surface area (Å²) in [6.07, 6.45) is 2.63. The van der Waals surface area contributed by atoms with Crippen molar-refractivity contribution in [3.05, 3.63) is 47.8 Å². The van der Waals surface area contributed by atoms with Gasteiger partial charge < -0.3 is 11.1 Å². The van der Waals surface area contributed by atoms with Crippen molar-refractivity contribution in [3.8, 4) is 0 Å². The topological polar surface area (TPSA) is 72.9 Å². The standard InChI is InChI=1S/C15H20N4O/c1-11(12-4-3-5-13(16)10-12)15(20)17-8-6-14-7-9-19(2)18-14/h3-5,7,9-11H,6,8,16H2,1-2H3,(H,17,20). The minimum Gasteiger partial charge on any atom is -0.399 e. The van der Waals surface area contributed by atoms with Crippen LogP contribution in [0, 0.1) is 0 Å². The molecule has 0 bridgehead atoms. The van der Waals surface area contributed by atoms with Crippen LogP contribution in [-0.2, 0) is 18.3 Å². The van der Waals surface area contributed by atoms with Crippen LogP contribution in [0.5, 0.6) is 0 Å². The molecule has 0 fully saturated rings. The van der Waals surface area contributed by atoms with Crippen LogP contribution in [0.1, 0.15) is 24.1 Å². The number of nitrogens with one attached hydrogen (secondary N) is 1. The number of nitrogens with zero attached hydrogens (tertiary/aromatic N) is 2. The van der Waals surface area contributed by atoms with E-state index in [1.165, 1.54) is 0 Å². The molecule has 1 amide bonds. The molecule has 0 saturated carbocycles. The molecule has 0 spiro atoms. The summed E-state index contributed by atoms with van der Waals surface area (Å²) in [7, 11) is 1.88. The molecule has 0 aliphatic heterocycles. The molecule has 1 atom stereocenters. The molecular weight excluding hydrogens is 252 g/mol. The van der Waals surface area contributed by atoms with Gasteiger partial charge in [-0.3, -0.25) is 9.48 Å². The van der Waals surface area contributed by atoms with Crippen LogP contribution in [0.2, 0.25) is 0 Å². The lowest BCUT2D eigenvalue weighted by molar-refractivity contribution is -0.122. The summed E-state index contributed by atoms with van der Waals surface area (Å²) >= 11 is 0. The van der Waals surface area contributed by atoms with Crippen molar-refractivity contribution in [1.29, 1.82) is 0 Å². The zero-order valence-corrected chi connectivity index (χ0v) is 11.8. The Morgan fingerprint density at radius 2 is 2.25 bits per heavy atom. The number of amides is 1. The van der Waals surface area contributed by atoms with Gasteiger partial charge in [0.05, 0.1) is 11.6 Å². The average Bonchev–Trinajstić information content (AvgIpc) is 2.83. The summed E-state index contributed by atoms with van der Waals surface area (Å²) in [5.41, 5.74) is 8.32. The van der Waals surface area contributed by atoms with E-state index in [4.69, 9.17) is 5.73 Å². The molecular formula is C15H20N4O. The van der Waals surface area contributed by atoms with Crippen molar-refractivity contribution < 1.29 is 4.79 Å². The number of carbonyl (C=O) groups excluding carboxylic acids is 1. The van der Waals surface area contributed by atoms with E-state index in [1.54, 1.807) is 4.68 Å². The van der Waals surface area contributed by atoms with Crippen LogP contribution < -0.4 is 11.1 Å². The number of nitrogens with two attached hydrogens (primary N) is 1. The van der Waals surface area contributed by atoms with Crippen molar-refractivity contribution in [1.82, 2.24) is 15.1 Å². The Labute approximate surface area is 118 Å². The first-order chi connectivity index (χ1) is 9.56. The second kappa shape index (κ2) is 6.23. The quantitative estimate of drug-likeness (QED) is 0.809. The van der Waals surface area contributed by atoms with Gasteiger partial charge in [-0.1, -0.05) is 12.1 Å². The lowest BCUT2D eigenvalue weighted by Crippen LogP contribution is -2.29. The second-order valence-corrected chi connectivity index (χ2v) is 4.91. The number of hydrogen-bond acceptors (Lipinski definition) is 3. The summed E-state index contributed by atoms with van der Waals surface area (Å²) in [4.78, 5) is 12.1. The molecule has 0 aliphatic carbocycles. The predicted octanol–water partition coefficient (Wildman–Crippen LogP) is 1.46. The smallest absolute Gasteiger partial charge is 0.227 e. The Bertz CT molecular complexity index is 591.